The van der Waals surface area contributed by atoms with Gasteiger partial charge in [-0.25, -0.2) is 4.39 Å². The Morgan fingerprint density at radius 1 is 1.14 bits per heavy atom. The Balaban J connectivity index is 1.79. The molecule has 3 heteroatoms. The Morgan fingerprint density at radius 2 is 1.90 bits per heavy atom. The van der Waals surface area contributed by atoms with Crippen LogP contribution in [0.15, 0.2) is 42.5 Å². The van der Waals surface area contributed by atoms with E-state index < -0.39 is 0 Å². The molecule has 2 aromatic carbocycles. The first-order valence-electron chi connectivity index (χ1n) is 7.46. The molecular formula is C18H21FN2. The van der Waals surface area contributed by atoms with E-state index in [1.807, 2.05) is 55.3 Å². The minimum absolute atomic E-state index is 0.171. The van der Waals surface area contributed by atoms with E-state index >= 15 is 0 Å². The summed E-state index contributed by atoms with van der Waals surface area (Å²) in [5, 5.41) is 3.41. The maximum atomic E-state index is 14.4. The van der Waals surface area contributed by atoms with Crippen molar-refractivity contribution < 1.29 is 4.39 Å². The van der Waals surface area contributed by atoms with Crippen molar-refractivity contribution in [1.82, 2.24) is 5.32 Å². The molecule has 110 valence electrons. The largest absolute Gasteiger partial charge is 0.342 e. The first-order chi connectivity index (χ1) is 10.1. The van der Waals surface area contributed by atoms with Crippen LogP contribution in [-0.4, -0.2) is 13.1 Å². The van der Waals surface area contributed by atoms with Crippen molar-refractivity contribution in [2.45, 2.75) is 32.4 Å². The van der Waals surface area contributed by atoms with Crippen LogP contribution in [-0.2, 0) is 6.54 Å². The van der Waals surface area contributed by atoms with Gasteiger partial charge in [-0.15, -0.1) is 0 Å². The molecule has 0 spiro atoms. The number of hydrogen-bond donors (Lipinski definition) is 1. The molecule has 2 aromatic rings. The average Bonchev–Trinajstić information content (AvgIpc) is 3.29. The van der Waals surface area contributed by atoms with Gasteiger partial charge in [-0.2, -0.15) is 0 Å². The molecule has 1 N–H and O–H groups in total. The maximum absolute atomic E-state index is 14.4. The van der Waals surface area contributed by atoms with Crippen LogP contribution < -0.4 is 10.2 Å². The van der Waals surface area contributed by atoms with Crippen LogP contribution in [0, 0.1) is 12.7 Å². The lowest BCUT2D eigenvalue weighted by Crippen LogP contribution is -2.16. The van der Waals surface area contributed by atoms with Gasteiger partial charge >= 0.3 is 0 Å². The van der Waals surface area contributed by atoms with Crippen molar-refractivity contribution in [1.29, 1.82) is 0 Å². The third-order valence-corrected chi connectivity index (χ3v) is 4.02. The van der Waals surface area contributed by atoms with Crippen molar-refractivity contribution in [2.75, 3.05) is 11.9 Å². The molecule has 3 rings (SSSR count). The maximum Gasteiger partial charge on any atom is 0.147 e. The van der Waals surface area contributed by atoms with Gasteiger partial charge in [-0.3, -0.25) is 0 Å². The van der Waals surface area contributed by atoms with Gasteiger partial charge in [0.05, 0.1) is 5.69 Å². The number of benzene rings is 2. The standard InChI is InChI=1S/C18H21FN2/c1-13-5-3-4-6-17(13)21(2)18-10-7-14(11-16(18)19)12-20-15-8-9-15/h3-7,10-11,15,20H,8-9,12H2,1-2H3. The van der Waals surface area contributed by atoms with Crippen LogP contribution in [0.1, 0.15) is 24.0 Å². The number of nitrogens with zero attached hydrogens (tertiary/aromatic N) is 1. The van der Waals surface area contributed by atoms with Crippen LogP contribution in [0.2, 0.25) is 0 Å². The predicted octanol–water partition coefficient (Wildman–Crippen LogP) is 4.15. The molecule has 0 bridgehead atoms. The highest BCUT2D eigenvalue weighted by Crippen LogP contribution is 2.29. The van der Waals surface area contributed by atoms with Gasteiger partial charge in [-0.05, 0) is 49.1 Å². The van der Waals surface area contributed by atoms with Gasteiger partial charge in [0.15, 0.2) is 0 Å². The minimum atomic E-state index is -0.171. The Morgan fingerprint density at radius 3 is 2.57 bits per heavy atom. The quantitative estimate of drug-likeness (QED) is 0.887. The number of nitrogens with one attached hydrogen (secondary N) is 1. The molecule has 0 aliphatic heterocycles. The molecule has 0 heterocycles. The van der Waals surface area contributed by atoms with E-state index in [4.69, 9.17) is 0 Å². The topological polar surface area (TPSA) is 15.3 Å². The lowest BCUT2D eigenvalue weighted by atomic mass is 10.1. The van der Waals surface area contributed by atoms with Crippen LogP contribution in [0.25, 0.3) is 0 Å². The summed E-state index contributed by atoms with van der Waals surface area (Å²) in [6.45, 7) is 2.79. The zero-order valence-electron chi connectivity index (χ0n) is 12.6. The SMILES string of the molecule is Cc1ccccc1N(C)c1ccc(CNC2CC2)cc1F. The van der Waals surface area contributed by atoms with Gasteiger partial charge in [0.1, 0.15) is 5.82 Å². The molecule has 0 aromatic heterocycles. The average molecular weight is 284 g/mol. The summed E-state index contributed by atoms with van der Waals surface area (Å²) in [5.41, 5.74) is 3.78. The number of halogens is 1. The van der Waals surface area contributed by atoms with Crippen molar-refractivity contribution in [3.8, 4) is 0 Å². The molecule has 1 saturated carbocycles. The number of rotatable bonds is 5. The summed E-state index contributed by atoms with van der Waals surface area (Å²) in [4.78, 5) is 1.91. The summed E-state index contributed by atoms with van der Waals surface area (Å²) >= 11 is 0. The first-order valence-corrected chi connectivity index (χ1v) is 7.46. The summed E-state index contributed by atoms with van der Waals surface area (Å²) in [6.07, 6.45) is 2.49. The second-order valence-corrected chi connectivity index (χ2v) is 5.79. The predicted molar refractivity (Wildman–Crippen MR) is 85.5 cm³/mol. The van der Waals surface area contributed by atoms with E-state index in [1.54, 1.807) is 6.07 Å². The lowest BCUT2D eigenvalue weighted by Gasteiger charge is -2.22. The summed E-state index contributed by atoms with van der Waals surface area (Å²) in [5.74, 6) is -0.171. The van der Waals surface area contributed by atoms with Gasteiger partial charge < -0.3 is 10.2 Å². The van der Waals surface area contributed by atoms with Crippen LogP contribution in [0.4, 0.5) is 15.8 Å². The summed E-state index contributed by atoms with van der Waals surface area (Å²) < 4.78 is 14.4. The number of hydrogen-bond acceptors (Lipinski definition) is 2. The lowest BCUT2D eigenvalue weighted by molar-refractivity contribution is 0.619. The van der Waals surface area contributed by atoms with E-state index in [-0.39, 0.29) is 5.82 Å². The van der Waals surface area contributed by atoms with Crippen molar-refractivity contribution in [2.24, 2.45) is 0 Å². The monoisotopic (exact) mass is 284 g/mol. The third-order valence-electron chi connectivity index (χ3n) is 4.02. The van der Waals surface area contributed by atoms with Crippen molar-refractivity contribution in [3.05, 3.63) is 59.4 Å². The first kappa shape index (κ1) is 14.1. The molecule has 21 heavy (non-hydrogen) atoms. The Hall–Kier alpha value is -1.87. The molecular weight excluding hydrogens is 263 g/mol. The van der Waals surface area contributed by atoms with Crippen LogP contribution >= 0.6 is 0 Å². The van der Waals surface area contributed by atoms with Crippen LogP contribution in [0.3, 0.4) is 0 Å². The van der Waals surface area contributed by atoms with Crippen LogP contribution in [0.5, 0.6) is 0 Å². The minimum Gasteiger partial charge on any atom is -0.342 e. The van der Waals surface area contributed by atoms with Gasteiger partial charge in [0, 0.05) is 25.3 Å². The second kappa shape index (κ2) is 5.86. The van der Waals surface area contributed by atoms with Gasteiger partial charge in [0.25, 0.3) is 0 Å². The molecule has 0 atom stereocenters. The molecule has 2 nitrogen and oxygen atoms in total. The summed E-state index contributed by atoms with van der Waals surface area (Å²) in [7, 11) is 1.91. The highest BCUT2D eigenvalue weighted by molar-refractivity contribution is 5.66. The molecule has 0 radical (unpaired) electrons. The highest BCUT2D eigenvalue weighted by Gasteiger charge is 2.20. The summed E-state index contributed by atoms with van der Waals surface area (Å²) in [6, 6.07) is 14.2. The van der Waals surface area contributed by atoms with Crippen molar-refractivity contribution >= 4 is 11.4 Å². The number of aryl methyl sites for hydroxylation is 1. The molecule has 1 fully saturated rings. The fraction of sp³-hybridized carbons (Fsp3) is 0.333. The Bertz CT molecular complexity index is 635. The Kier molecular flexibility index (Phi) is 3.93. The highest BCUT2D eigenvalue weighted by atomic mass is 19.1. The molecule has 0 amide bonds. The van der Waals surface area contributed by atoms with E-state index in [9.17, 15) is 4.39 Å². The van der Waals surface area contributed by atoms with Gasteiger partial charge in [-0.1, -0.05) is 24.3 Å². The van der Waals surface area contributed by atoms with E-state index in [2.05, 4.69) is 5.32 Å². The Labute approximate surface area is 125 Å². The smallest absolute Gasteiger partial charge is 0.147 e. The van der Waals surface area contributed by atoms with E-state index in [0.717, 1.165) is 23.4 Å². The zero-order chi connectivity index (χ0) is 14.8. The van der Waals surface area contributed by atoms with E-state index in [0.29, 0.717) is 11.7 Å². The van der Waals surface area contributed by atoms with Gasteiger partial charge in [0.2, 0.25) is 0 Å². The number of anilines is 2. The molecule has 1 aliphatic carbocycles. The zero-order valence-corrected chi connectivity index (χ0v) is 12.6. The normalized spacial score (nSPS) is 14.2. The van der Waals surface area contributed by atoms with Crippen molar-refractivity contribution in [3.63, 3.8) is 0 Å². The second-order valence-electron chi connectivity index (χ2n) is 5.79. The van der Waals surface area contributed by atoms with E-state index in [1.165, 1.54) is 12.8 Å². The molecule has 1 aliphatic rings. The molecule has 0 saturated heterocycles. The molecule has 0 unspecified atom stereocenters. The third kappa shape index (κ3) is 3.24. The fourth-order valence-corrected chi connectivity index (χ4v) is 2.55. The number of para-hydroxylation sites is 1. The fourth-order valence-electron chi connectivity index (χ4n) is 2.55.